The molecular weight excluding hydrogens is 403 g/mol. The Morgan fingerprint density at radius 1 is 1.50 bits per heavy atom. The van der Waals surface area contributed by atoms with Gasteiger partial charge in [0.25, 0.3) is 5.91 Å². The Hall–Kier alpha value is -2.37. The molecule has 2 aromatic rings. The number of hydrazone groups is 1. The van der Waals surface area contributed by atoms with Gasteiger partial charge in [-0.3, -0.25) is 4.79 Å². The summed E-state index contributed by atoms with van der Waals surface area (Å²) in [5.74, 6) is -0.801. The van der Waals surface area contributed by atoms with Gasteiger partial charge in [0.2, 0.25) is 6.33 Å². The Bertz CT molecular complexity index is 742. The highest BCUT2D eigenvalue weighted by Crippen LogP contribution is 2.10. The molecule has 0 unspecified atom stereocenters. The Morgan fingerprint density at radius 2 is 2.23 bits per heavy atom. The van der Waals surface area contributed by atoms with Crippen molar-refractivity contribution >= 4 is 40.2 Å². The van der Waals surface area contributed by atoms with Crippen molar-refractivity contribution in [1.29, 1.82) is 0 Å². The zero-order valence-electron chi connectivity index (χ0n) is 11.4. The third-order valence-electron chi connectivity index (χ3n) is 2.55. The van der Waals surface area contributed by atoms with Crippen LogP contribution in [-0.2, 0) is 6.54 Å². The van der Waals surface area contributed by atoms with Gasteiger partial charge < -0.3 is 10.1 Å². The van der Waals surface area contributed by atoms with Gasteiger partial charge in [-0.2, -0.15) is 9.78 Å². The molecule has 10 heteroatoms. The molecule has 0 atom stereocenters. The molecule has 1 amide bonds. The molecular formula is C12H11IN6O3. The van der Waals surface area contributed by atoms with Crippen LogP contribution in [0.1, 0.15) is 17.3 Å². The highest BCUT2D eigenvalue weighted by molar-refractivity contribution is 14.1. The largest absolute Gasteiger partial charge is 0.490 e. The van der Waals surface area contributed by atoms with Crippen molar-refractivity contribution in [3.05, 3.63) is 49.8 Å². The zero-order chi connectivity index (χ0) is 16.1. The van der Waals surface area contributed by atoms with Crippen LogP contribution in [0.15, 0.2) is 35.7 Å². The maximum absolute atomic E-state index is 12.0. The van der Waals surface area contributed by atoms with E-state index in [-0.39, 0.29) is 12.5 Å². The number of carbonyl (C=O) groups excluding carboxylic acids is 1. The number of halogens is 1. The summed E-state index contributed by atoms with van der Waals surface area (Å²) in [6.07, 6.45) is 1.24. The lowest BCUT2D eigenvalue weighted by Gasteiger charge is -2.03. The molecule has 22 heavy (non-hydrogen) atoms. The first-order chi connectivity index (χ1) is 10.5. The molecule has 1 N–H and O–H groups in total. The highest BCUT2D eigenvalue weighted by Gasteiger charge is 2.13. The van der Waals surface area contributed by atoms with Crippen LogP contribution in [0.25, 0.3) is 0 Å². The second-order valence-corrected chi connectivity index (χ2v) is 5.43. The second-order valence-electron chi connectivity index (χ2n) is 4.27. The first-order valence-corrected chi connectivity index (χ1v) is 7.17. The third kappa shape index (κ3) is 4.07. The van der Waals surface area contributed by atoms with Gasteiger partial charge in [-0.15, -0.1) is 0 Å². The molecule has 0 spiro atoms. The van der Waals surface area contributed by atoms with Gasteiger partial charge in [0, 0.05) is 8.67 Å². The number of rotatable bonds is 5. The van der Waals surface area contributed by atoms with Gasteiger partial charge in [-0.1, -0.05) is 17.1 Å². The number of nitro groups is 1. The van der Waals surface area contributed by atoms with Gasteiger partial charge in [0.1, 0.15) is 0 Å². The van der Waals surface area contributed by atoms with Gasteiger partial charge in [-0.05, 0) is 46.6 Å². The summed E-state index contributed by atoms with van der Waals surface area (Å²) < 4.78 is 2.09. The van der Waals surface area contributed by atoms with Crippen molar-refractivity contribution in [3.8, 4) is 0 Å². The summed E-state index contributed by atoms with van der Waals surface area (Å²) >= 11 is 2.06. The van der Waals surface area contributed by atoms with Crippen molar-refractivity contribution in [2.24, 2.45) is 5.10 Å². The first kappa shape index (κ1) is 16.0. The number of nitrogens with zero attached hydrogens (tertiary/aromatic N) is 5. The smallest absolute Gasteiger partial charge is 0.390 e. The fourth-order valence-corrected chi connectivity index (χ4v) is 2.20. The minimum Gasteiger partial charge on any atom is -0.390 e. The Balaban J connectivity index is 1.99. The van der Waals surface area contributed by atoms with Gasteiger partial charge in [0.05, 0.1) is 17.8 Å². The van der Waals surface area contributed by atoms with Crippen LogP contribution in [-0.4, -0.2) is 31.3 Å². The van der Waals surface area contributed by atoms with Crippen molar-refractivity contribution in [1.82, 2.24) is 20.2 Å². The predicted octanol–water partition coefficient (Wildman–Crippen LogP) is 1.60. The van der Waals surface area contributed by atoms with Crippen molar-refractivity contribution in [2.45, 2.75) is 13.5 Å². The molecule has 0 radical (unpaired) electrons. The summed E-state index contributed by atoms with van der Waals surface area (Å²) in [5, 5.41) is 18.1. The van der Waals surface area contributed by atoms with Gasteiger partial charge in [-0.25, -0.2) is 5.43 Å². The average Bonchev–Trinajstić information content (AvgIpc) is 2.94. The fourth-order valence-electron chi connectivity index (χ4n) is 1.57. The topological polar surface area (TPSA) is 115 Å². The number of nitrogens with one attached hydrogen (secondary N) is 1. The number of hydrogen-bond donors (Lipinski definition) is 1. The van der Waals surface area contributed by atoms with Crippen LogP contribution in [0.3, 0.4) is 0 Å². The van der Waals surface area contributed by atoms with Crippen molar-refractivity contribution in [2.75, 3.05) is 0 Å². The van der Waals surface area contributed by atoms with Crippen LogP contribution >= 0.6 is 22.6 Å². The number of amides is 1. The molecule has 0 aliphatic heterocycles. The van der Waals surface area contributed by atoms with Crippen LogP contribution in [0.4, 0.5) is 5.95 Å². The maximum atomic E-state index is 12.0. The molecule has 0 aliphatic carbocycles. The molecule has 1 heterocycles. The number of hydrogen-bond acceptors (Lipinski definition) is 6. The minimum absolute atomic E-state index is 0.188. The number of aromatic nitrogens is 3. The Morgan fingerprint density at radius 3 is 2.86 bits per heavy atom. The first-order valence-electron chi connectivity index (χ1n) is 6.09. The van der Waals surface area contributed by atoms with Crippen LogP contribution in [0, 0.1) is 13.7 Å². The van der Waals surface area contributed by atoms with E-state index in [1.54, 1.807) is 19.1 Å². The molecule has 1 aromatic heterocycles. The summed E-state index contributed by atoms with van der Waals surface area (Å²) in [6.45, 7) is 1.86. The highest BCUT2D eigenvalue weighted by atomic mass is 127. The SMILES string of the molecule is C/C(Cn1cnc([N+](=O)[O-])n1)=N/NC(=O)c1ccccc1I. The van der Waals surface area contributed by atoms with E-state index in [0.29, 0.717) is 11.3 Å². The second kappa shape index (κ2) is 7.06. The fraction of sp³-hybridized carbons (Fsp3) is 0.167. The van der Waals surface area contributed by atoms with E-state index >= 15 is 0 Å². The molecule has 9 nitrogen and oxygen atoms in total. The third-order valence-corrected chi connectivity index (χ3v) is 3.49. The lowest BCUT2D eigenvalue weighted by molar-refractivity contribution is -0.394. The minimum atomic E-state index is -0.678. The monoisotopic (exact) mass is 414 g/mol. The number of benzene rings is 1. The summed E-state index contributed by atoms with van der Waals surface area (Å²) in [4.78, 5) is 25.3. The quantitative estimate of drug-likeness (QED) is 0.345. The van der Waals surface area contributed by atoms with Crippen molar-refractivity contribution in [3.63, 3.8) is 0 Å². The molecule has 0 aliphatic rings. The van der Waals surface area contributed by atoms with E-state index in [0.717, 1.165) is 3.57 Å². The molecule has 114 valence electrons. The standard InChI is InChI=1S/C12H11IN6O3/c1-8(6-18-7-14-12(17-18)19(21)22)15-16-11(20)9-4-2-3-5-10(9)13/h2-5,7H,6H2,1H3,(H,16,20)/b15-8-. The molecule has 0 saturated heterocycles. The zero-order valence-corrected chi connectivity index (χ0v) is 13.6. The molecule has 1 aromatic carbocycles. The normalized spacial score (nSPS) is 11.3. The summed E-state index contributed by atoms with van der Waals surface area (Å²) in [5.41, 5.74) is 3.49. The predicted molar refractivity (Wildman–Crippen MR) is 86.4 cm³/mol. The van der Waals surface area contributed by atoms with E-state index in [2.05, 4.69) is 43.2 Å². The van der Waals surface area contributed by atoms with E-state index in [1.807, 2.05) is 12.1 Å². The van der Waals surface area contributed by atoms with Gasteiger partial charge in [0.15, 0.2) is 0 Å². The van der Waals surface area contributed by atoms with E-state index in [4.69, 9.17) is 0 Å². The lowest BCUT2D eigenvalue weighted by Crippen LogP contribution is -2.21. The van der Waals surface area contributed by atoms with Crippen LogP contribution in [0.2, 0.25) is 0 Å². The molecule has 0 saturated carbocycles. The number of carbonyl (C=O) groups is 1. The summed E-state index contributed by atoms with van der Waals surface area (Å²) in [7, 11) is 0. The molecule has 0 fully saturated rings. The lowest BCUT2D eigenvalue weighted by atomic mass is 10.2. The van der Waals surface area contributed by atoms with E-state index in [1.165, 1.54) is 11.0 Å². The van der Waals surface area contributed by atoms with E-state index in [9.17, 15) is 14.9 Å². The average molecular weight is 414 g/mol. The Kier molecular flexibility index (Phi) is 5.14. The Labute approximate surface area is 138 Å². The van der Waals surface area contributed by atoms with Crippen LogP contribution in [0.5, 0.6) is 0 Å². The van der Waals surface area contributed by atoms with Gasteiger partial charge >= 0.3 is 5.95 Å². The van der Waals surface area contributed by atoms with Crippen LogP contribution < -0.4 is 5.43 Å². The summed E-state index contributed by atoms with van der Waals surface area (Å²) in [6, 6.07) is 7.12. The maximum Gasteiger partial charge on any atom is 0.490 e. The van der Waals surface area contributed by atoms with E-state index < -0.39 is 10.9 Å². The van der Waals surface area contributed by atoms with Crippen molar-refractivity contribution < 1.29 is 9.72 Å². The molecule has 0 bridgehead atoms. The molecule has 2 rings (SSSR count).